The number of anilines is 1. The van der Waals surface area contributed by atoms with E-state index in [0.717, 1.165) is 36.6 Å². The molecule has 1 aliphatic carbocycles. The number of halogens is 3. The Balaban J connectivity index is 1.51. The Morgan fingerprint density at radius 3 is 2.73 bits per heavy atom. The second-order valence-corrected chi connectivity index (χ2v) is 11.0. The maximum absolute atomic E-state index is 14.0. The molecule has 1 saturated carbocycles. The summed E-state index contributed by atoms with van der Waals surface area (Å²) in [4.78, 5) is 31.1. The predicted molar refractivity (Wildman–Crippen MR) is 161 cm³/mol. The van der Waals surface area contributed by atoms with Crippen LogP contribution in [0.3, 0.4) is 0 Å². The summed E-state index contributed by atoms with van der Waals surface area (Å²) in [6, 6.07) is 14.4. The minimum atomic E-state index is -0.574. The third-order valence-electron chi connectivity index (χ3n) is 6.88. The van der Waals surface area contributed by atoms with Gasteiger partial charge in [0.25, 0.3) is 11.5 Å². The fourth-order valence-electron chi connectivity index (χ4n) is 4.90. The van der Waals surface area contributed by atoms with Crippen molar-refractivity contribution in [3.05, 3.63) is 91.7 Å². The molecule has 0 aliphatic heterocycles. The summed E-state index contributed by atoms with van der Waals surface area (Å²) < 4.78 is 27.4. The zero-order valence-corrected chi connectivity index (χ0v) is 24.5. The van der Waals surface area contributed by atoms with Crippen molar-refractivity contribution >= 4 is 56.2 Å². The van der Waals surface area contributed by atoms with E-state index in [1.807, 2.05) is 12.1 Å². The maximum atomic E-state index is 14.0. The Hall–Kier alpha value is -3.76. The topological polar surface area (TPSA) is 94.8 Å². The molecule has 1 N–H and O–H groups in total. The normalized spacial score (nSPS) is 14.0. The number of carbonyl (C=O) groups is 1. The van der Waals surface area contributed by atoms with Crippen molar-refractivity contribution < 1.29 is 18.7 Å². The summed E-state index contributed by atoms with van der Waals surface area (Å²) in [5.41, 5.74) is 0.730. The fraction of sp³-hybridized carbons (Fsp3) is 0.267. The van der Waals surface area contributed by atoms with E-state index in [1.165, 1.54) is 42.3 Å². The highest BCUT2D eigenvalue weighted by Crippen LogP contribution is 2.35. The van der Waals surface area contributed by atoms with Gasteiger partial charge in [0.05, 0.1) is 29.9 Å². The van der Waals surface area contributed by atoms with Crippen LogP contribution in [0.2, 0.25) is 5.02 Å². The number of nitrogens with zero attached hydrogens (tertiary/aromatic N) is 3. The van der Waals surface area contributed by atoms with Crippen molar-refractivity contribution in [2.24, 2.45) is 5.10 Å². The molecule has 5 rings (SSSR count). The SMILES string of the molecule is COc1cc(Cl)cc(C=Nn2c(C3CCCCC3)nc3ccc(Br)cc3c2=O)c1OCC(=O)Nc1ccccc1F. The van der Waals surface area contributed by atoms with Crippen molar-refractivity contribution in [2.45, 2.75) is 38.0 Å². The molecule has 1 aromatic heterocycles. The lowest BCUT2D eigenvalue weighted by Gasteiger charge is -2.23. The molecule has 1 fully saturated rings. The van der Waals surface area contributed by atoms with E-state index < -0.39 is 18.3 Å². The number of rotatable bonds is 8. The first-order valence-corrected chi connectivity index (χ1v) is 14.3. The van der Waals surface area contributed by atoms with Gasteiger partial charge in [0.1, 0.15) is 11.6 Å². The van der Waals surface area contributed by atoms with E-state index in [4.69, 9.17) is 26.1 Å². The average Bonchev–Trinajstić information content (AvgIpc) is 2.97. The molecule has 0 radical (unpaired) electrons. The smallest absolute Gasteiger partial charge is 0.282 e. The van der Waals surface area contributed by atoms with Gasteiger partial charge < -0.3 is 14.8 Å². The summed E-state index contributed by atoms with van der Waals surface area (Å²) in [5.74, 6) is 0.00378. The molecule has 1 amide bonds. The molecular formula is C30H27BrClFN4O4. The molecule has 1 heterocycles. The summed E-state index contributed by atoms with van der Waals surface area (Å²) in [5, 5.41) is 7.83. The second kappa shape index (κ2) is 12.8. The quantitative estimate of drug-likeness (QED) is 0.211. The molecule has 0 spiro atoms. The van der Waals surface area contributed by atoms with E-state index in [2.05, 4.69) is 26.3 Å². The van der Waals surface area contributed by atoms with E-state index >= 15 is 0 Å². The molecule has 1 aliphatic rings. The van der Waals surface area contributed by atoms with Crippen molar-refractivity contribution in [3.8, 4) is 11.5 Å². The Labute approximate surface area is 249 Å². The first-order chi connectivity index (χ1) is 19.8. The Morgan fingerprint density at radius 1 is 1.20 bits per heavy atom. The number of para-hydroxylation sites is 1. The van der Waals surface area contributed by atoms with Gasteiger partial charge in [-0.15, -0.1) is 0 Å². The van der Waals surface area contributed by atoms with Gasteiger partial charge in [-0.2, -0.15) is 9.78 Å². The lowest BCUT2D eigenvalue weighted by atomic mass is 9.88. The maximum Gasteiger partial charge on any atom is 0.282 e. The number of hydrogen-bond acceptors (Lipinski definition) is 6. The van der Waals surface area contributed by atoms with Crippen LogP contribution in [0.15, 0.2) is 69.0 Å². The van der Waals surface area contributed by atoms with E-state index in [0.29, 0.717) is 27.3 Å². The number of hydrogen-bond donors (Lipinski definition) is 1. The molecule has 0 atom stereocenters. The van der Waals surface area contributed by atoms with Gasteiger partial charge in [0, 0.05) is 27.0 Å². The highest BCUT2D eigenvalue weighted by atomic mass is 79.9. The van der Waals surface area contributed by atoms with Crippen molar-refractivity contribution in [1.29, 1.82) is 0 Å². The summed E-state index contributed by atoms with van der Waals surface area (Å²) in [6.07, 6.45) is 6.54. The van der Waals surface area contributed by atoms with E-state index in [-0.39, 0.29) is 28.7 Å². The molecule has 3 aromatic carbocycles. The minimum absolute atomic E-state index is 0.0380. The molecule has 212 valence electrons. The first-order valence-electron chi connectivity index (χ1n) is 13.2. The van der Waals surface area contributed by atoms with E-state index in [9.17, 15) is 14.0 Å². The second-order valence-electron chi connectivity index (χ2n) is 9.67. The highest BCUT2D eigenvalue weighted by molar-refractivity contribution is 9.10. The van der Waals surface area contributed by atoms with Gasteiger partial charge >= 0.3 is 0 Å². The van der Waals surface area contributed by atoms with Crippen LogP contribution in [-0.2, 0) is 4.79 Å². The lowest BCUT2D eigenvalue weighted by molar-refractivity contribution is -0.118. The van der Waals surface area contributed by atoms with Crippen LogP contribution in [0.5, 0.6) is 11.5 Å². The van der Waals surface area contributed by atoms with E-state index in [1.54, 1.807) is 18.2 Å². The Morgan fingerprint density at radius 2 is 1.98 bits per heavy atom. The van der Waals surface area contributed by atoms with Gasteiger partial charge in [-0.05, 0) is 49.2 Å². The van der Waals surface area contributed by atoms with Crippen molar-refractivity contribution in [3.63, 3.8) is 0 Å². The summed E-state index contributed by atoms with van der Waals surface area (Å²) >= 11 is 9.78. The lowest BCUT2D eigenvalue weighted by Crippen LogP contribution is -2.25. The van der Waals surface area contributed by atoms with Gasteiger partial charge in [-0.3, -0.25) is 9.59 Å². The van der Waals surface area contributed by atoms with Gasteiger partial charge in [0.2, 0.25) is 0 Å². The monoisotopic (exact) mass is 640 g/mol. The Kier molecular flexibility index (Phi) is 8.99. The number of benzene rings is 3. The molecule has 4 aromatic rings. The summed E-state index contributed by atoms with van der Waals surface area (Å²) in [7, 11) is 1.44. The molecule has 0 bridgehead atoms. The Bertz CT molecular complexity index is 1690. The molecule has 41 heavy (non-hydrogen) atoms. The predicted octanol–water partition coefficient (Wildman–Crippen LogP) is 6.91. The third-order valence-corrected chi connectivity index (χ3v) is 7.59. The average molecular weight is 642 g/mol. The number of nitrogens with one attached hydrogen (secondary N) is 1. The minimum Gasteiger partial charge on any atom is -0.493 e. The number of ether oxygens (including phenoxy) is 2. The highest BCUT2D eigenvalue weighted by Gasteiger charge is 2.23. The van der Waals surface area contributed by atoms with Crippen molar-refractivity contribution in [1.82, 2.24) is 9.66 Å². The zero-order valence-electron chi connectivity index (χ0n) is 22.2. The van der Waals surface area contributed by atoms with Crippen LogP contribution in [0.25, 0.3) is 10.9 Å². The third kappa shape index (κ3) is 6.60. The number of carbonyl (C=O) groups excluding carboxylic acids is 1. The van der Waals surface area contributed by atoms with Crippen LogP contribution >= 0.6 is 27.5 Å². The van der Waals surface area contributed by atoms with Gasteiger partial charge in [-0.1, -0.05) is 58.9 Å². The number of amides is 1. The number of methoxy groups -OCH3 is 1. The zero-order chi connectivity index (χ0) is 28.9. The fourth-order valence-corrected chi connectivity index (χ4v) is 5.48. The van der Waals surface area contributed by atoms with Gasteiger partial charge in [-0.25, -0.2) is 9.37 Å². The van der Waals surface area contributed by atoms with Crippen molar-refractivity contribution in [2.75, 3.05) is 19.0 Å². The van der Waals surface area contributed by atoms with Crippen LogP contribution in [-0.4, -0.2) is 35.5 Å². The molecular weight excluding hydrogens is 615 g/mol. The van der Waals surface area contributed by atoms with Crippen LogP contribution in [0.4, 0.5) is 10.1 Å². The summed E-state index contributed by atoms with van der Waals surface area (Å²) in [6.45, 7) is -0.438. The standard InChI is InChI=1S/C30H27BrClFN4O4/c1-40-26-15-21(32)13-19(28(26)41-17-27(38)35-25-10-6-5-9-23(25)33)16-34-37-29(18-7-3-2-4-8-18)36-24-12-11-20(31)14-22(24)30(37)39/h5-6,9-16,18H,2-4,7-8,17H2,1H3,(H,35,38). The van der Waals surface area contributed by atoms with Gasteiger partial charge in [0.15, 0.2) is 18.1 Å². The first kappa shape index (κ1) is 28.8. The van der Waals surface area contributed by atoms with Crippen LogP contribution in [0.1, 0.15) is 49.4 Å². The molecule has 11 heteroatoms. The van der Waals surface area contributed by atoms with Crippen LogP contribution < -0.4 is 20.3 Å². The largest absolute Gasteiger partial charge is 0.493 e. The van der Waals surface area contributed by atoms with Crippen LogP contribution in [0, 0.1) is 5.82 Å². The number of aromatic nitrogens is 2. The molecule has 0 saturated heterocycles. The molecule has 0 unspecified atom stereocenters. The number of fused-ring (bicyclic) bond motifs is 1. The molecule has 8 nitrogen and oxygen atoms in total.